The van der Waals surface area contributed by atoms with Gasteiger partial charge in [-0.05, 0) is 50.0 Å². The lowest BCUT2D eigenvalue weighted by atomic mass is 10.0. The number of nitrogens with zero attached hydrogens (tertiary/aromatic N) is 2. The van der Waals surface area contributed by atoms with Gasteiger partial charge >= 0.3 is 0 Å². The van der Waals surface area contributed by atoms with Crippen molar-refractivity contribution in [1.29, 1.82) is 0 Å². The highest BCUT2D eigenvalue weighted by Crippen LogP contribution is 2.15. The van der Waals surface area contributed by atoms with Crippen molar-refractivity contribution in [1.82, 2.24) is 15.2 Å². The lowest BCUT2D eigenvalue weighted by Gasteiger charge is -2.34. The van der Waals surface area contributed by atoms with Gasteiger partial charge in [0.15, 0.2) is 0 Å². The molecule has 1 N–H and O–H groups in total. The number of nitrogens with one attached hydrogen (secondary N) is 1. The molecule has 1 saturated heterocycles. The zero-order chi connectivity index (χ0) is 12.1. The predicted molar refractivity (Wildman–Crippen MR) is 70.9 cm³/mol. The number of hydrogen-bond acceptors (Lipinski definition) is 3. The van der Waals surface area contributed by atoms with Crippen molar-refractivity contribution in [3.8, 4) is 0 Å². The minimum Gasteiger partial charge on any atom is -0.315 e. The van der Waals surface area contributed by atoms with Gasteiger partial charge in [0.2, 0.25) is 0 Å². The fraction of sp³-hybridized carbons (Fsp3) is 0.643. The second-order valence-corrected chi connectivity index (χ2v) is 4.87. The van der Waals surface area contributed by atoms with Gasteiger partial charge in [-0.15, -0.1) is 0 Å². The average Bonchev–Trinajstić information content (AvgIpc) is 2.39. The molecule has 1 fully saturated rings. The van der Waals surface area contributed by atoms with Gasteiger partial charge in [0.1, 0.15) is 0 Å². The van der Waals surface area contributed by atoms with Crippen LogP contribution in [0.4, 0.5) is 0 Å². The van der Waals surface area contributed by atoms with Crippen LogP contribution in [0.1, 0.15) is 30.9 Å². The first-order valence-electron chi connectivity index (χ1n) is 6.65. The Morgan fingerprint density at radius 2 is 2.41 bits per heavy atom. The van der Waals surface area contributed by atoms with E-state index in [1.165, 1.54) is 30.5 Å². The van der Waals surface area contributed by atoms with E-state index in [1.807, 2.05) is 12.4 Å². The molecule has 3 heteroatoms. The van der Waals surface area contributed by atoms with Crippen LogP contribution in [0.3, 0.4) is 0 Å². The van der Waals surface area contributed by atoms with Crippen LogP contribution in [0.15, 0.2) is 18.5 Å². The molecule has 2 rings (SSSR count). The standard InChI is InChI=1S/C14H23N3/c1-3-17(14-5-4-7-15-10-14)11-13-9-16-8-6-12(13)2/h6,8-9,14-15H,3-5,7,10-11H2,1-2H3. The van der Waals surface area contributed by atoms with Crippen LogP contribution in [0, 0.1) is 6.92 Å². The van der Waals surface area contributed by atoms with Crippen LogP contribution in [0.2, 0.25) is 0 Å². The molecule has 0 aliphatic carbocycles. The summed E-state index contributed by atoms with van der Waals surface area (Å²) in [5.41, 5.74) is 2.71. The van der Waals surface area contributed by atoms with Crippen LogP contribution in [0.25, 0.3) is 0 Å². The fourth-order valence-corrected chi connectivity index (χ4v) is 2.53. The lowest BCUT2D eigenvalue weighted by Crippen LogP contribution is -2.45. The molecule has 94 valence electrons. The Balaban J connectivity index is 2.01. The Bertz CT molecular complexity index is 345. The summed E-state index contributed by atoms with van der Waals surface area (Å²) in [5.74, 6) is 0. The third-order valence-corrected chi connectivity index (χ3v) is 3.71. The first kappa shape index (κ1) is 12.5. The molecule has 0 radical (unpaired) electrons. The molecule has 3 nitrogen and oxygen atoms in total. The molecule has 17 heavy (non-hydrogen) atoms. The van der Waals surface area contributed by atoms with Gasteiger partial charge in [-0.2, -0.15) is 0 Å². The van der Waals surface area contributed by atoms with Gasteiger partial charge in [0, 0.05) is 31.5 Å². The molecule has 1 aromatic heterocycles. The van der Waals surface area contributed by atoms with E-state index < -0.39 is 0 Å². The summed E-state index contributed by atoms with van der Waals surface area (Å²) in [6.07, 6.45) is 6.50. The predicted octanol–water partition coefficient (Wildman–Crippen LogP) is 1.96. The number of aromatic nitrogens is 1. The van der Waals surface area contributed by atoms with Gasteiger partial charge in [-0.25, -0.2) is 0 Å². The third kappa shape index (κ3) is 3.27. The molecule has 0 aromatic carbocycles. The minimum absolute atomic E-state index is 0.688. The van der Waals surface area contributed by atoms with E-state index in [2.05, 4.69) is 35.1 Å². The van der Waals surface area contributed by atoms with Crippen molar-refractivity contribution in [2.45, 2.75) is 39.3 Å². The van der Waals surface area contributed by atoms with E-state index in [4.69, 9.17) is 0 Å². The Morgan fingerprint density at radius 3 is 3.06 bits per heavy atom. The number of pyridine rings is 1. The quantitative estimate of drug-likeness (QED) is 0.861. The highest BCUT2D eigenvalue weighted by Gasteiger charge is 2.19. The van der Waals surface area contributed by atoms with Crippen molar-refractivity contribution >= 4 is 0 Å². The molecule has 0 spiro atoms. The molecule has 1 aliphatic heterocycles. The lowest BCUT2D eigenvalue weighted by molar-refractivity contribution is 0.165. The van der Waals surface area contributed by atoms with Crippen molar-refractivity contribution in [2.24, 2.45) is 0 Å². The number of rotatable bonds is 4. The van der Waals surface area contributed by atoms with Crippen LogP contribution in [0.5, 0.6) is 0 Å². The zero-order valence-corrected chi connectivity index (χ0v) is 10.9. The average molecular weight is 233 g/mol. The summed E-state index contributed by atoms with van der Waals surface area (Å²) in [6, 6.07) is 2.79. The normalized spacial score (nSPS) is 20.8. The highest BCUT2D eigenvalue weighted by atomic mass is 15.2. The minimum atomic E-state index is 0.688. The molecule has 0 bridgehead atoms. The summed E-state index contributed by atoms with van der Waals surface area (Å²) in [4.78, 5) is 6.80. The Kier molecular flexibility index (Phi) is 4.51. The van der Waals surface area contributed by atoms with E-state index in [9.17, 15) is 0 Å². The Morgan fingerprint density at radius 1 is 1.53 bits per heavy atom. The first-order valence-corrected chi connectivity index (χ1v) is 6.65. The molecular weight excluding hydrogens is 210 g/mol. The summed E-state index contributed by atoms with van der Waals surface area (Å²) in [6.45, 7) is 8.88. The fourth-order valence-electron chi connectivity index (χ4n) is 2.53. The van der Waals surface area contributed by atoms with Gasteiger partial charge in [0.05, 0.1) is 0 Å². The van der Waals surface area contributed by atoms with Gasteiger partial charge in [0.25, 0.3) is 0 Å². The molecule has 1 aromatic rings. The number of piperidine rings is 1. The van der Waals surface area contributed by atoms with Gasteiger partial charge in [-0.3, -0.25) is 9.88 Å². The van der Waals surface area contributed by atoms with Crippen molar-refractivity contribution in [3.63, 3.8) is 0 Å². The molecule has 1 unspecified atom stereocenters. The number of hydrogen-bond donors (Lipinski definition) is 1. The molecule has 2 heterocycles. The van der Waals surface area contributed by atoms with Crippen LogP contribution >= 0.6 is 0 Å². The van der Waals surface area contributed by atoms with E-state index in [1.54, 1.807) is 0 Å². The maximum atomic E-state index is 4.24. The SMILES string of the molecule is CCN(Cc1cnccc1C)C1CCCNC1. The monoisotopic (exact) mass is 233 g/mol. The second kappa shape index (κ2) is 6.12. The van der Waals surface area contributed by atoms with Crippen molar-refractivity contribution in [2.75, 3.05) is 19.6 Å². The molecule has 0 amide bonds. The van der Waals surface area contributed by atoms with E-state index in [-0.39, 0.29) is 0 Å². The Hall–Kier alpha value is -0.930. The molecular formula is C14H23N3. The van der Waals surface area contributed by atoms with Crippen LogP contribution in [-0.4, -0.2) is 35.6 Å². The van der Waals surface area contributed by atoms with Crippen LogP contribution < -0.4 is 5.32 Å². The van der Waals surface area contributed by atoms with Gasteiger partial charge < -0.3 is 5.32 Å². The summed E-state index contributed by atoms with van der Waals surface area (Å²) in [7, 11) is 0. The largest absolute Gasteiger partial charge is 0.315 e. The number of likely N-dealkylation sites (N-methyl/N-ethyl adjacent to an activating group) is 1. The van der Waals surface area contributed by atoms with Crippen LogP contribution in [-0.2, 0) is 6.54 Å². The van der Waals surface area contributed by atoms with Crippen molar-refractivity contribution < 1.29 is 0 Å². The highest BCUT2D eigenvalue weighted by molar-refractivity contribution is 5.21. The summed E-state index contributed by atoms with van der Waals surface area (Å²) >= 11 is 0. The zero-order valence-electron chi connectivity index (χ0n) is 10.9. The van der Waals surface area contributed by atoms with Crippen molar-refractivity contribution in [3.05, 3.63) is 29.6 Å². The number of aryl methyl sites for hydroxylation is 1. The summed E-state index contributed by atoms with van der Waals surface area (Å²) in [5, 5.41) is 3.49. The third-order valence-electron chi connectivity index (χ3n) is 3.71. The molecule has 1 aliphatic rings. The Labute approximate surface area is 104 Å². The van der Waals surface area contributed by atoms with E-state index >= 15 is 0 Å². The molecule has 1 atom stereocenters. The molecule has 0 saturated carbocycles. The van der Waals surface area contributed by atoms with E-state index in [0.29, 0.717) is 6.04 Å². The van der Waals surface area contributed by atoms with Gasteiger partial charge in [-0.1, -0.05) is 6.92 Å². The second-order valence-electron chi connectivity index (χ2n) is 4.87. The maximum Gasteiger partial charge on any atom is 0.0315 e. The first-order chi connectivity index (χ1) is 8.31. The maximum absolute atomic E-state index is 4.24. The summed E-state index contributed by atoms with van der Waals surface area (Å²) < 4.78 is 0. The van der Waals surface area contributed by atoms with E-state index in [0.717, 1.165) is 19.6 Å². The topological polar surface area (TPSA) is 28.2 Å². The smallest absolute Gasteiger partial charge is 0.0315 e.